The van der Waals surface area contributed by atoms with Crippen LogP contribution in [0.15, 0.2) is 60.0 Å². The molecule has 2 aromatic carbocycles. The van der Waals surface area contributed by atoms with Crippen molar-refractivity contribution in [2.24, 2.45) is 7.05 Å². The van der Waals surface area contributed by atoms with Crippen LogP contribution in [0.3, 0.4) is 0 Å². The third-order valence-electron chi connectivity index (χ3n) is 5.40. The fraction of sp³-hybridized carbons (Fsp3) is 0.261. The van der Waals surface area contributed by atoms with Gasteiger partial charge in [-0.1, -0.05) is 24.3 Å². The molecule has 2 heterocycles. The third kappa shape index (κ3) is 5.66. The molecule has 0 spiro atoms. The van der Waals surface area contributed by atoms with Crippen molar-refractivity contribution >= 4 is 27.7 Å². The number of rotatable bonds is 8. The van der Waals surface area contributed by atoms with Gasteiger partial charge >= 0.3 is 6.09 Å². The standard InChI is InChI=1S/C23H24FN5O5S/c1-15(30)25-11-19-12-29(23(31)34-19)18-7-8-20(21(24)9-18)17-5-3-16(4-6-17)10-27-35(32,33)22-13-28(2)14-26-22/h3-9,13-14,19,27H,10-12H2,1-2H3,(H,25,30). The summed E-state index contributed by atoms with van der Waals surface area (Å²) < 4.78 is 48.8. The van der Waals surface area contributed by atoms with Gasteiger partial charge < -0.3 is 14.6 Å². The molecule has 1 saturated heterocycles. The second kappa shape index (κ2) is 9.84. The number of ether oxygens (including phenoxy) is 1. The number of amides is 2. The van der Waals surface area contributed by atoms with E-state index in [1.54, 1.807) is 48.0 Å². The first-order valence-corrected chi connectivity index (χ1v) is 12.2. The monoisotopic (exact) mass is 501 g/mol. The van der Waals surface area contributed by atoms with E-state index in [2.05, 4.69) is 15.0 Å². The summed E-state index contributed by atoms with van der Waals surface area (Å²) in [5.74, 6) is -0.754. The van der Waals surface area contributed by atoms with Gasteiger partial charge in [0.2, 0.25) is 5.91 Å². The first-order chi connectivity index (χ1) is 16.6. The number of aromatic nitrogens is 2. The van der Waals surface area contributed by atoms with E-state index >= 15 is 0 Å². The van der Waals surface area contributed by atoms with Crippen LogP contribution in [0.5, 0.6) is 0 Å². The molecule has 0 bridgehead atoms. The zero-order valence-electron chi connectivity index (χ0n) is 19.1. The van der Waals surface area contributed by atoms with Crippen molar-refractivity contribution in [1.82, 2.24) is 19.6 Å². The molecular formula is C23H24FN5O5S. The molecule has 0 saturated carbocycles. The van der Waals surface area contributed by atoms with Gasteiger partial charge in [-0.2, -0.15) is 0 Å². The molecule has 1 atom stereocenters. The molecule has 12 heteroatoms. The number of nitrogens with zero attached hydrogens (tertiary/aromatic N) is 3. The number of cyclic esters (lactones) is 1. The summed E-state index contributed by atoms with van der Waals surface area (Å²) in [6, 6.07) is 11.2. The van der Waals surface area contributed by atoms with Crippen LogP contribution in [0, 0.1) is 5.82 Å². The van der Waals surface area contributed by atoms with Crippen LogP contribution in [0.2, 0.25) is 0 Å². The predicted molar refractivity (Wildman–Crippen MR) is 125 cm³/mol. The Kier molecular flexibility index (Phi) is 6.85. The number of halogens is 1. The Balaban J connectivity index is 1.41. The summed E-state index contributed by atoms with van der Waals surface area (Å²) in [5.41, 5.74) is 1.96. The molecule has 3 aromatic rings. The molecule has 1 unspecified atom stereocenters. The molecule has 10 nitrogen and oxygen atoms in total. The molecule has 1 aliphatic rings. The van der Waals surface area contributed by atoms with E-state index in [1.807, 2.05) is 0 Å². The van der Waals surface area contributed by atoms with E-state index in [1.165, 1.54) is 30.4 Å². The van der Waals surface area contributed by atoms with Gasteiger partial charge in [0.15, 0.2) is 5.03 Å². The maximum Gasteiger partial charge on any atom is 0.414 e. The SMILES string of the molecule is CC(=O)NCC1CN(c2ccc(-c3ccc(CNS(=O)(=O)c4cn(C)cn4)cc3)c(F)c2)C(=O)O1. The number of anilines is 1. The molecular weight excluding hydrogens is 477 g/mol. The second-order valence-corrected chi connectivity index (χ2v) is 9.83. The van der Waals surface area contributed by atoms with Crippen molar-refractivity contribution in [1.29, 1.82) is 0 Å². The minimum atomic E-state index is -3.74. The average molecular weight is 502 g/mol. The molecule has 184 valence electrons. The lowest BCUT2D eigenvalue weighted by Crippen LogP contribution is -2.33. The van der Waals surface area contributed by atoms with Crippen LogP contribution in [-0.2, 0) is 33.1 Å². The summed E-state index contributed by atoms with van der Waals surface area (Å²) in [6.45, 7) is 1.80. The Hall–Kier alpha value is -3.77. The number of carbonyl (C=O) groups is 2. The van der Waals surface area contributed by atoms with Gasteiger partial charge in [-0.3, -0.25) is 9.69 Å². The lowest BCUT2D eigenvalue weighted by molar-refractivity contribution is -0.119. The maximum atomic E-state index is 14.9. The molecule has 0 aliphatic carbocycles. The van der Waals surface area contributed by atoms with Gasteiger partial charge in [0.1, 0.15) is 11.9 Å². The second-order valence-electron chi connectivity index (χ2n) is 8.12. The van der Waals surface area contributed by atoms with Gasteiger partial charge in [-0.25, -0.2) is 27.3 Å². The summed E-state index contributed by atoms with van der Waals surface area (Å²) in [4.78, 5) is 28.4. The van der Waals surface area contributed by atoms with E-state index in [4.69, 9.17) is 4.74 Å². The highest BCUT2D eigenvalue weighted by molar-refractivity contribution is 7.89. The van der Waals surface area contributed by atoms with Crippen LogP contribution >= 0.6 is 0 Å². The highest BCUT2D eigenvalue weighted by atomic mass is 32.2. The molecule has 1 aliphatic heterocycles. The smallest absolute Gasteiger partial charge is 0.414 e. The van der Waals surface area contributed by atoms with Gasteiger partial charge in [-0.05, 0) is 29.3 Å². The number of imidazole rings is 1. The number of aryl methyl sites for hydroxylation is 1. The van der Waals surface area contributed by atoms with Gasteiger partial charge in [0, 0.05) is 32.3 Å². The summed E-state index contributed by atoms with van der Waals surface area (Å²) in [5, 5.41) is 2.53. The highest BCUT2D eigenvalue weighted by Gasteiger charge is 2.32. The number of carbonyl (C=O) groups excluding carboxylic acids is 2. The number of benzene rings is 2. The van der Waals surface area contributed by atoms with E-state index in [9.17, 15) is 22.4 Å². The maximum absolute atomic E-state index is 14.9. The molecule has 0 radical (unpaired) electrons. The minimum Gasteiger partial charge on any atom is -0.442 e. The molecule has 2 amide bonds. The van der Waals surface area contributed by atoms with Crippen molar-refractivity contribution in [2.75, 3.05) is 18.0 Å². The predicted octanol–water partition coefficient (Wildman–Crippen LogP) is 2.17. The minimum absolute atomic E-state index is 0.0529. The van der Waals surface area contributed by atoms with E-state index in [-0.39, 0.29) is 30.6 Å². The van der Waals surface area contributed by atoms with Crippen molar-refractivity contribution < 1.29 is 27.1 Å². The Morgan fingerprint density at radius 1 is 1.23 bits per heavy atom. The van der Waals surface area contributed by atoms with Crippen molar-refractivity contribution in [3.8, 4) is 11.1 Å². The van der Waals surface area contributed by atoms with Crippen LogP contribution in [0.1, 0.15) is 12.5 Å². The fourth-order valence-electron chi connectivity index (χ4n) is 3.58. The average Bonchev–Trinajstić information content (AvgIpc) is 3.42. The Bertz CT molecular complexity index is 1360. The molecule has 2 N–H and O–H groups in total. The number of nitrogens with one attached hydrogen (secondary N) is 2. The van der Waals surface area contributed by atoms with Crippen LogP contribution in [0.4, 0.5) is 14.9 Å². The molecule has 4 rings (SSSR count). The van der Waals surface area contributed by atoms with E-state index in [0.29, 0.717) is 22.4 Å². The lowest BCUT2D eigenvalue weighted by Gasteiger charge is -2.15. The first-order valence-electron chi connectivity index (χ1n) is 10.7. The fourth-order valence-corrected chi connectivity index (χ4v) is 4.58. The summed E-state index contributed by atoms with van der Waals surface area (Å²) >= 11 is 0. The summed E-state index contributed by atoms with van der Waals surface area (Å²) in [7, 11) is -2.06. The molecule has 35 heavy (non-hydrogen) atoms. The summed E-state index contributed by atoms with van der Waals surface area (Å²) in [6.07, 6.45) is 1.69. The number of sulfonamides is 1. The Morgan fingerprint density at radius 3 is 2.60 bits per heavy atom. The molecule has 1 aromatic heterocycles. The van der Waals surface area contributed by atoms with Crippen molar-refractivity contribution in [2.45, 2.75) is 24.6 Å². The largest absolute Gasteiger partial charge is 0.442 e. The van der Waals surface area contributed by atoms with Crippen molar-refractivity contribution in [3.63, 3.8) is 0 Å². The normalized spacial score (nSPS) is 15.8. The van der Waals surface area contributed by atoms with Crippen LogP contribution < -0.4 is 14.9 Å². The third-order valence-corrected chi connectivity index (χ3v) is 6.69. The Morgan fingerprint density at radius 2 is 1.97 bits per heavy atom. The van der Waals surface area contributed by atoms with Gasteiger partial charge in [0.25, 0.3) is 10.0 Å². The number of hydrogen-bond donors (Lipinski definition) is 2. The van der Waals surface area contributed by atoms with E-state index < -0.39 is 28.0 Å². The topological polar surface area (TPSA) is 123 Å². The quantitative estimate of drug-likeness (QED) is 0.488. The Labute approximate surface area is 201 Å². The van der Waals surface area contributed by atoms with Crippen molar-refractivity contribution in [3.05, 3.63) is 66.4 Å². The first kappa shape index (κ1) is 24.4. The lowest BCUT2D eigenvalue weighted by atomic mass is 10.0. The number of hydrogen-bond acceptors (Lipinski definition) is 6. The zero-order valence-corrected chi connectivity index (χ0v) is 19.9. The van der Waals surface area contributed by atoms with Crippen LogP contribution in [-0.4, -0.2) is 49.2 Å². The molecule has 1 fully saturated rings. The van der Waals surface area contributed by atoms with Crippen LogP contribution in [0.25, 0.3) is 11.1 Å². The zero-order chi connectivity index (χ0) is 25.2. The van der Waals surface area contributed by atoms with Gasteiger partial charge in [-0.15, -0.1) is 0 Å². The van der Waals surface area contributed by atoms with E-state index in [0.717, 1.165) is 0 Å². The highest BCUT2D eigenvalue weighted by Crippen LogP contribution is 2.29. The van der Waals surface area contributed by atoms with Gasteiger partial charge in [0.05, 0.1) is 25.1 Å².